The Morgan fingerprint density at radius 2 is 2.18 bits per heavy atom. The standard InChI is InChI=1S/C12H18N4O/c1-13-9-5-6-16-11(15(2)12(9)17)7-10(14-16)8-3-4-8/h7-9,13H,3-6H2,1-2H3. The third-order valence-corrected chi connectivity index (χ3v) is 3.72. The number of rotatable bonds is 2. The molecule has 1 aliphatic heterocycles. The summed E-state index contributed by atoms with van der Waals surface area (Å²) in [5.74, 6) is 1.71. The molecule has 1 N–H and O–H groups in total. The molecule has 5 heteroatoms. The lowest BCUT2D eigenvalue weighted by atomic mass is 10.2. The van der Waals surface area contributed by atoms with E-state index in [0.29, 0.717) is 5.92 Å². The predicted octanol–water partition coefficient (Wildman–Crippen LogP) is 0.715. The van der Waals surface area contributed by atoms with Crippen LogP contribution in [0.3, 0.4) is 0 Å². The van der Waals surface area contributed by atoms with Gasteiger partial charge in [-0.3, -0.25) is 9.69 Å². The second kappa shape index (κ2) is 3.84. The normalized spacial score (nSPS) is 24.7. The second-order valence-electron chi connectivity index (χ2n) is 4.95. The highest BCUT2D eigenvalue weighted by Gasteiger charge is 2.32. The number of anilines is 1. The van der Waals surface area contributed by atoms with E-state index in [9.17, 15) is 4.79 Å². The summed E-state index contributed by atoms with van der Waals surface area (Å²) in [6.07, 6.45) is 3.29. The average molecular weight is 234 g/mol. The van der Waals surface area contributed by atoms with Crippen LogP contribution in [-0.2, 0) is 11.3 Å². The lowest BCUT2D eigenvalue weighted by Crippen LogP contribution is -2.42. The lowest BCUT2D eigenvalue weighted by molar-refractivity contribution is -0.120. The van der Waals surface area contributed by atoms with Gasteiger partial charge in [-0.05, 0) is 26.3 Å². The number of aryl methyl sites for hydroxylation is 1. The Labute approximate surface area is 101 Å². The van der Waals surface area contributed by atoms with Gasteiger partial charge in [-0.2, -0.15) is 5.10 Å². The quantitative estimate of drug-likeness (QED) is 0.820. The molecule has 1 aromatic rings. The average Bonchev–Trinajstić information content (AvgIpc) is 3.10. The molecule has 1 atom stereocenters. The molecule has 1 aliphatic carbocycles. The SMILES string of the molecule is CNC1CCn2nc(C3CC3)cc2N(C)C1=O. The first kappa shape index (κ1) is 10.8. The molecular formula is C12H18N4O. The van der Waals surface area contributed by atoms with E-state index in [1.54, 1.807) is 4.90 Å². The van der Waals surface area contributed by atoms with E-state index in [1.807, 2.05) is 18.8 Å². The van der Waals surface area contributed by atoms with Gasteiger partial charge in [-0.15, -0.1) is 0 Å². The third-order valence-electron chi connectivity index (χ3n) is 3.72. The van der Waals surface area contributed by atoms with Crippen molar-refractivity contribution in [3.8, 4) is 0 Å². The van der Waals surface area contributed by atoms with E-state index in [-0.39, 0.29) is 11.9 Å². The van der Waals surface area contributed by atoms with Crippen molar-refractivity contribution in [3.63, 3.8) is 0 Å². The summed E-state index contributed by atoms with van der Waals surface area (Å²) >= 11 is 0. The van der Waals surface area contributed by atoms with Crippen LogP contribution in [0, 0.1) is 0 Å². The van der Waals surface area contributed by atoms with E-state index in [1.165, 1.54) is 12.8 Å². The Kier molecular flexibility index (Phi) is 2.43. The van der Waals surface area contributed by atoms with Crippen molar-refractivity contribution in [2.75, 3.05) is 19.0 Å². The van der Waals surface area contributed by atoms with Crippen LogP contribution >= 0.6 is 0 Å². The zero-order chi connectivity index (χ0) is 12.0. The Bertz CT molecular complexity index is 449. The topological polar surface area (TPSA) is 50.2 Å². The Hall–Kier alpha value is -1.36. The van der Waals surface area contributed by atoms with Gasteiger partial charge < -0.3 is 5.32 Å². The van der Waals surface area contributed by atoms with E-state index in [0.717, 1.165) is 24.5 Å². The highest BCUT2D eigenvalue weighted by Crippen LogP contribution is 2.40. The Morgan fingerprint density at radius 3 is 2.82 bits per heavy atom. The smallest absolute Gasteiger partial charge is 0.245 e. The fourth-order valence-electron chi connectivity index (χ4n) is 2.43. The third kappa shape index (κ3) is 1.74. The number of hydrogen-bond acceptors (Lipinski definition) is 3. The molecule has 2 aliphatic rings. The van der Waals surface area contributed by atoms with Crippen molar-refractivity contribution >= 4 is 11.7 Å². The zero-order valence-corrected chi connectivity index (χ0v) is 10.3. The molecule has 0 saturated heterocycles. The van der Waals surface area contributed by atoms with Crippen LogP contribution in [0.2, 0.25) is 0 Å². The van der Waals surface area contributed by atoms with Crippen LogP contribution in [0.15, 0.2) is 6.07 Å². The Morgan fingerprint density at radius 1 is 1.41 bits per heavy atom. The highest BCUT2D eigenvalue weighted by atomic mass is 16.2. The van der Waals surface area contributed by atoms with Gasteiger partial charge in [0, 0.05) is 25.6 Å². The van der Waals surface area contributed by atoms with Crippen LogP contribution in [0.25, 0.3) is 0 Å². The molecule has 0 radical (unpaired) electrons. The zero-order valence-electron chi connectivity index (χ0n) is 10.3. The van der Waals surface area contributed by atoms with Crippen molar-refractivity contribution in [1.29, 1.82) is 0 Å². The van der Waals surface area contributed by atoms with Crippen LogP contribution < -0.4 is 10.2 Å². The van der Waals surface area contributed by atoms with Gasteiger partial charge in [-0.25, -0.2) is 4.68 Å². The summed E-state index contributed by atoms with van der Waals surface area (Å²) < 4.78 is 1.98. The predicted molar refractivity (Wildman–Crippen MR) is 65.1 cm³/mol. The number of amides is 1. The van der Waals surface area contributed by atoms with Gasteiger partial charge in [0.05, 0.1) is 11.7 Å². The highest BCUT2D eigenvalue weighted by molar-refractivity contribution is 5.96. The molecule has 3 rings (SSSR count). The van der Waals surface area contributed by atoms with Crippen LogP contribution in [0.4, 0.5) is 5.82 Å². The molecule has 1 aromatic heterocycles. The fourth-order valence-corrected chi connectivity index (χ4v) is 2.43. The van der Waals surface area contributed by atoms with Gasteiger partial charge in [-0.1, -0.05) is 0 Å². The first-order valence-corrected chi connectivity index (χ1v) is 6.23. The molecule has 17 heavy (non-hydrogen) atoms. The molecule has 1 saturated carbocycles. The van der Waals surface area contributed by atoms with E-state index < -0.39 is 0 Å². The number of nitrogens with one attached hydrogen (secondary N) is 1. The van der Waals surface area contributed by atoms with Crippen LogP contribution in [-0.4, -0.2) is 35.8 Å². The Balaban J connectivity index is 1.93. The van der Waals surface area contributed by atoms with E-state index in [2.05, 4.69) is 16.5 Å². The summed E-state index contributed by atoms with van der Waals surface area (Å²) in [6, 6.07) is 1.99. The minimum atomic E-state index is -0.0916. The number of hydrogen-bond donors (Lipinski definition) is 1. The first-order valence-electron chi connectivity index (χ1n) is 6.23. The molecule has 2 heterocycles. The number of likely N-dealkylation sites (N-methyl/N-ethyl adjacent to an activating group) is 2. The second-order valence-corrected chi connectivity index (χ2v) is 4.95. The van der Waals surface area contributed by atoms with Crippen molar-refractivity contribution in [3.05, 3.63) is 11.8 Å². The van der Waals surface area contributed by atoms with E-state index in [4.69, 9.17) is 0 Å². The van der Waals surface area contributed by atoms with Crippen LogP contribution in [0.1, 0.15) is 30.9 Å². The van der Waals surface area contributed by atoms with Crippen molar-refractivity contribution in [1.82, 2.24) is 15.1 Å². The molecule has 92 valence electrons. The molecule has 1 unspecified atom stereocenters. The van der Waals surface area contributed by atoms with Crippen LogP contribution in [0.5, 0.6) is 0 Å². The monoisotopic (exact) mass is 234 g/mol. The number of carbonyl (C=O) groups excluding carboxylic acids is 1. The molecular weight excluding hydrogens is 216 g/mol. The number of nitrogens with zero attached hydrogens (tertiary/aromatic N) is 3. The van der Waals surface area contributed by atoms with E-state index >= 15 is 0 Å². The largest absolute Gasteiger partial charge is 0.309 e. The molecule has 0 bridgehead atoms. The number of aromatic nitrogens is 2. The maximum Gasteiger partial charge on any atom is 0.245 e. The first-order chi connectivity index (χ1) is 8.20. The van der Waals surface area contributed by atoms with Gasteiger partial charge >= 0.3 is 0 Å². The summed E-state index contributed by atoms with van der Waals surface area (Å²) in [4.78, 5) is 13.9. The molecule has 5 nitrogen and oxygen atoms in total. The summed E-state index contributed by atoms with van der Waals surface area (Å²) in [6.45, 7) is 0.809. The maximum atomic E-state index is 12.2. The maximum absolute atomic E-state index is 12.2. The summed E-state index contributed by atoms with van der Waals surface area (Å²) in [7, 11) is 3.67. The van der Waals surface area contributed by atoms with Crippen molar-refractivity contribution in [2.45, 2.75) is 37.8 Å². The van der Waals surface area contributed by atoms with Gasteiger partial charge in [0.25, 0.3) is 0 Å². The number of fused-ring (bicyclic) bond motifs is 1. The molecule has 1 fully saturated rings. The lowest BCUT2D eigenvalue weighted by Gasteiger charge is -2.18. The van der Waals surface area contributed by atoms with Gasteiger partial charge in [0.15, 0.2) is 0 Å². The summed E-state index contributed by atoms with van der Waals surface area (Å²) in [5.41, 5.74) is 1.16. The minimum Gasteiger partial charge on any atom is -0.309 e. The van der Waals surface area contributed by atoms with Gasteiger partial charge in [0.2, 0.25) is 5.91 Å². The molecule has 0 aromatic carbocycles. The number of carbonyl (C=O) groups is 1. The van der Waals surface area contributed by atoms with Gasteiger partial charge in [0.1, 0.15) is 5.82 Å². The van der Waals surface area contributed by atoms with Crippen molar-refractivity contribution < 1.29 is 4.79 Å². The molecule has 0 spiro atoms. The minimum absolute atomic E-state index is 0.0916. The van der Waals surface area contributed by atoms with Crippen molar-refractivity contribution in [2.24, 2.45) is 0 Å². The molecule has 1 amide bonds. The fraction of sp³-hybridized carbons (Fsp3) is 0.667. The summed E-state index contributed by atoms with van der Waals surface area (Å²) in [5, 5.41) is 7.69.